The lowest BCUT2D eigenvalue weighted by atomic mass is 10.2. The number of carbonyl (C=O) groups excluding carboxylic acids is 1. The number of carbonyl (C=O) groups is 1. The van der Waals surface area contributed by atoms with Crippen molar-refractivity contribution in [3.63, 3.8) is 0 Å². The summed E-state index contributed by atoms with van der Waals surface area (Å²) in [7, 11) is 0. The van der Waals surface area contributed by atoms with Crippen molar-refractivity contribution in [2.75, 3.05) is 0 Å². The van der Waals surface area contributed by atoms with Crippen LogP contribution in [-0.4, -0.2) is 12.0 Å². The molecule has 1 aliphatic heterocycles. The predicted molar refractivity (Wildman–Crippen MR) is 62.9 cm³/mol. The lowest BCUT2D eigenvalue weighted by molar-refractivity contribution is -0.122. The van der Waals surface area contributed by atoms with E-state index >= 15 is 0 Å². The topological polar surface area (TPSA) is 38.3 Å². The number of hydrogen-bond donors (Lipinski definition) is 1. The third-order valence-corrected chi connectivity index (χ3v) is 3.47. The predicted octanol–water partition coefficient (Wildman–Crippen LogP) is 3.18. The fourth-order valence-electron chi connectivity index (χ4n) is 1.47. The summed E-state index contributed by atoms with van der Waals surface area (Å²) in [4.78, 5) is 11.3. The standard InChI is InChI=1S/C10H8Cl3NO2/c1-4-9(15)14-10(16-4)7-5(11)2-3-6(12)8(7)13/h2-4,10H,1H3,(H,14,15)/t4-,10+/m1/s1. The molecule has 0 aromatic heterocycles. The summed E-state index contributed by atoms with van der Waals surface area (Å²) in [5.41, 5.74) is 0.494. The van der Waals surface area contributed by atoms with Crippen LogP contribution in [0.25, 0.3) is 0 Å². The van der Waals surface area contributed by atoms with E-state index in [1.807, 2.05) is 0 Å². The molecule has 0 saturated carbocycles. The van der Waals surface area contributed by atoms with Gasteiger partial charge in [-0.25, -0.2) is 0 Å². The summed E-state index contributed by atoms with van der Waals surface area (Å²) in [5, 5.41) is 3.72. The summed E-state index contributed by atoms with van der Waals surface area (Å²) < 4.78 is 5.39. The lowest BCUT2D eigenvalue weighted by Gasteiger charge is -2.14. The van der Waals surface area contributed by atoms with Gasteiger partial charge in [-0.05, 0) is 19.1 Å². The van der Waals surface area contributed by atoms with Gasteiger partial charge in [-0.2, -0.15) is 0 Å². The zero-order chi connectivity index (χ0) is 11.9. The smallest absolute Gasteiger partial charge is 0.251 e. The zero-order valence-electron chi connectivity index (χ0n) is 8.26. The highest BCUT2D eigenvalue weighted by atomic mass is 35.5. The van der Waals surface area contributed by atoms with Crippen molar-refractivity contribution >= 4 is 40.7 Å². The van der Waals surface area contributed by atoms with Gasteiger partial charge in [-0.15, -0.1) is 0 Å². The molecule has 0 bridgehead atoms. The van der Waals surface area contributed by atoms with Crippen LogP contribution in [0.15, 0.2) is 12.1 Å². The molecule has 1 fully saturated rings. The van der Waals surface area contributed by atoms with Crippen molar-refractivity contribution in [2.45, 2.75) is 19.3 Å². The molecule has 0 spiro atoms. The molecule has 1 heterocycles. The summed E-state index contributed by atoms with van der Waals surface area (Å²) >= 11 is 17.9. The normalized spacial score (nSPS) is 24.6. The molecule has 1 saturated heterocycles. The molecule has 1 N–H and O–H groups in total. The van der Waals surface area contributed by atoms with Crippen molar-refractivity contribution in [3.05, 3.63) is 32.8 Å². The fraction of sp³-hybridized carbons (Fsp3) is 0.300. The Labute approximate surface area is 108 Å². The van der Waals surface area contributed by atoms with Crippen molar-refractivity contribution < 1.29 is 9.53 Å². The van der Waals surface area contributed by atoms with Gasteiger partial charge in [0.15, 0.2) is 6.23 Å². The first-order chi connectivity index (χ1) is 7.50. The van der Waals surface area contributed by atoms with E-state index < -0.39 is 12.3 Å². The third-order valence-electron chi connectivity index (χ3n) is 2.32. The molecular formula is C10H8Cl3NO2. The second kappa shape index (κ2) is 4.41. The summed E-state index contributed by atoms with van der Waals surface area (Å²) in [6.07, 6.45) is -1.16. The minimum atomic E-state index is -0.638. The maximum absolute atomic E-state index is 11.3. The van der Waals surface area contributed by atoms with E-state index in [9.17, 15) is 4.79 Å². The molecule has 3 nitrogen and oxygen atoms in total. The molecule has 1 aliphatic rings. The second-order valence-corrected chi connectivity index (χ2v) is 4.62. The Bertz CT molecular complexity index is 450. The highest BCUT2D eigenvalue weighted by Gasteiger charge is 2.33. The monoisotopic (exact) mass is 279 g/mol. The van der Waals surface area contributed by atoms with Gasteiger partial charge in [0.1, 0.15) is 6.10 Å². The Morgan fingerprint density at radius 3 is 2.44 bits per heavy atom. The van der Waals surface area contributed by atoms with Crippen LogP contribution in [0.5, 0.6) is 0 Å². The van der Waals surface area contributed by atoms with Gasteiger partial charge >= 0.3 is 0 Å². The number of ether oxygens (including phenoxy) is 1. The van der Waals surface area contributed by atoms with Crippen LogP contribution < -0.4 is 5.32 Å². The molecule has 2 atom stereocenters. The van der Waals surface area contributed by atoms with E-state index in [-0.39, 0.29) is 5.91 Å². The van der Waals surface area contributed by atoms with Crippen LogP contribution in [0.4, 0.5) is 0 Å². The SMILES string of the molecule is C[C@H]1O[C@@H](c2c(Cl)ccc(Cl)c2Cl)NC1=O. The number of amides is 1. The fourth-order valence-corrected chi connectivity index (χ4v) is 2.20. The van der Waals surface area contributed by atoms with Gasteiger partial charge in [0.2, 0.25) is 0 Å². The maximum atomic E-state index is 11.3. The van der Waals surface area contributed by atoms with Crippen molar-refractivity contribution in [2.24, 2.45) is 0 Å². The highest BCUT2D eigenvalue weighted by Crippen LogP contribution is 2.37. The van der Waals surface area contributed by atoms with Gasteiger partial charge in [-0.1, -0.05) is 34.8 Å². The lowest BCUT2D eigenvalue weighted by Crippen LogP contribution is -2.22. The number of nitrogens with one attached hydrogen (secondary N) is 1. The Hall–Kier alpha value is -0.480. The molecule has 1 amide bonds. The summed E-state index contributed by atoms with van der Waals surface area (Å²) in [6, 6.07) is 3.21. The van der Waals surface area contributed by atoms with Crippen molar-refractivity contribution in [1.82, 2.24) is 5.32 Å². The largest absolute Gasteiger partial charge is 0.341 e. The van der Waals surface area contributed by atoms with Crippen LogP contribution in [0, 0.1) is 0 Å². The molecule has 16 heavy (non-hydrogen) atoms. The van der Waals surface area contributed by atoms with Crippen LogP contribution in [0.2, 0.25) is 15.1 Å². The second-order valence-electron chi connectivity index (χ2n) is 3.42. The Morgan fingerprint density at radius 1 is 1.25 bits per heavy atom. The number of benzene rings is 1. The van der Waals surface area contributed by atoms with Gasteiger partial charge < -0.3 is 10.1 Å². The van der Waals surface area contributed by atoms with Gasteiger partial charge in [-0.3, -0.25) is 4.79 Å². The Kier molecular flexibility index (Phi) is 3.31. The molecule has 6 heteroatoms. The molecule has 1 aromatic rings. The molecule has 1 aromatic carbocycles. The van der Waals surface area contributed by atoms with Crippen molar-refractivity contribution in [3.8, 4) is 0 Å². The van der Waals surface area contributed by atoms with E-state index in [0.29, 0.717) is 20.6 Å². The Balaban J connectivity index is 2.41. The molecule has 2 rings (SSSR count). The molecule has 0 radical (unpaired) electrons. The summed E-state index contributed by atoms with van der Waals surface area (Å²) in [6.45, 7) is 1.65. The van der Waals surface area contributed by atoms with Crippen LogP contribution >= 0.6 is 34.8 Å². The van der Waals surface area contributed by atoms with Crippen LogP contribution in [-0.2, 0) is 9.53 Å². The average Bonchev–Trinajstić information content (AvgIpc) is 2.54. The highest BCUT2D eigenvalue weighted by molar-refractivity contribution is 6.44. The Morgan fingerprint density at radius 2 is 1.88 bits per heavy atom. The first-order valence-electron chi connectivity index (χ1n) is 4.60. The number of rotatable bonds is 1. The molecule has 0 aliphatic carbocycles. The average molecular weight is 281 g/mol. The maximum Gasteiger partial charge on any atom is 0.251 e. The number of halogens is 3. The molecule has 86 valence electrons. The first-order valence-corrected chi connectivity index (χ1v) is 5.73. The molecule has 0 unspecified atom stereocenters. The van der Waals surface area contributed by atoms with Crippen LogP contribution in [0.1, 0.15) is 18.7 Å². The van der Waals surface area contributed by atoms with E-state index in [1.54, 1.807) is 19.1 Å². The van der Waals surface area contributed by atoms with Gasteiger partial charge in [0, 0.05) is 10.6 Å². The summed E-state index contributed by atoms with van der Waals surface area (Å²) in [5.74, 6) is -0.197. The number of hydrogen-bond acceptors (Lipinski definition) is 2. The van der Waals surface area contributed by atoms with Crippen LogP contribution in [0.3, 0.4) is 0 Å². The minimum absolute atomic E-state index is 0.197. The van der Waals surface area contributed by atoms with Crippen molar-refractivity contribution in [1.29, 1.82) is 0 Å². The minimum Gasteiger partial charge on any atom is -0.341 e. The van der Waals surface area contributed by atoms with Gasteiger partial charge in [0.25, 0.3) is 5.91 Å². The van der Waals surface area contributed by atoms with E-state index in [1.165, 1.54) is 0 Å². The zero-order valence-corrected chi connectivity index (χ0v) is 10.5. The quantitative estimate of drug-likeness (QED) is 0.802. The van der Waals surface area contributed by atoms with E-state index in [4.69, 9.17) is 39.5 Å². The molecular weight excluding hydrogens is 272 g/mol. The van der Waals surface area contributed by atoms with E-state index in [2.05, 4.69) is 5.32 Å². The van der Waals surface area contributed by atoms with E-state index in [0.717, 1.165) is 0 Å². The first kappa shape index (κ1) is 12.0. The van der Waals surface area contributed by atoms with Gasteiger partial charge in [0.05, 0.1) is 10.0 Å². The third kappa shape index (κ3) is 2.00.